The zero-order valence-corrected chi connectivity index (χ0v) is 13.4. The van der Waals surface area contributed by atoms with Crippen LogP contribution in [0.3, 0.4) is 0 Å². The van der Waals surface area contributed by atoms with Gasteiger partial charge in [-0.1, -0.05) is 27.7 Å². The Morgan fingerprint density at radius 1 is 1.08 bits per heavy atom. The number of halogens is 2. The second-order valence-corrected chi connectivity index (χ2v) is 8.91. The van der Waals surface area contributed by atoms with Crippen LogP contribution in [-0.2, 0) is 15.7 Å². The molecule has 0 unspecified atom stereocenters. The van der Waals surface area contributed by atoms with E-state index in [0.717, 1.165) is 12.3 Å². The summed E-state index contributed by atoms with van der Waals surface area (Å²) in [6, 6.07) is 0. The second-order valence-electron chi connectivity index (χ2n) is 3.71. The van der Waals surface area contributed by atoms with Gasteiger partial charge in [0.15, 0.2) is 0 Å². The minimum absolute atomic E-state index is 0.556. The normalized spacial score (nSPS) is 10.9. The van der Waals surface area contributed by atoms with Crippen LogP contribution in [0.4, 0.5) is 0 Å². The van der Waals surface area contributed by atoms with Gasteiger partial charge in [-0.2, -0.15) is 0 Å². The summed E-state index contributed by atoms with van der Waals surface area (Å²) in [5.74, 6) is 1.30. The van der Waals surface area contributed by atoms with Crippen molar-refractivity contribution in [2.75, 3.05) is 12.3 Å². The van der Waals surface area contributed by atoms with E-state index in [4.69, 9.17) is 19.2 Å². The topological polar surface area (TPSA) is 20.2 Å². The van der Waals surface area contributed by atoms with Crippen molar-refractivity contribution in [2.24, 2.45) is 11.8 Å². The van der Waals surface area contributed by atoms with E-state index in [9.17, 15) is 4.89 Å². The van der Waals surface area contributed by atoms with Crippen molar-refractivity contribution < 1.29 is 20.6 Å². The molecule has 0 saturated heterocycles. The van der Waals surface area contributed by atoms with Crippen LogP contribution < -0.4 is 0 Å². The molecule has 0 aliphatic rings. The molecule has 0 saturated carbocycles. The molecule has 0 bridgehead atoms. The third kappa shape index (κ3) is 19.9. The van der Waals surface area contributed by atoms with Crippen molar-refractivity contribution in [3.8, 4) is 0 Å². The Kier molecular flexibility index (Phi) is 15.3. The molecule has 0 radical (unpaired) electrons. The third-order valence-corrected chi connectivity index (χ3v) is 3.46. The van der Waals surface area contributed by atoms with Crippen LogP contribution in [0.1, 0.15) is 27.7 Å². The van der Waals surface area contributed by atoms with Crippen LogP contribution in [-0.4, -0.2) is 17.2 Å². The summed E-state index contributed by atoms with van der Waals surface area (Å²) >= 11 is -0.556. The summed E-state index contributed by atoms with van der Waals surface area (Å²) in [5.41, 5.74) is 0. The van der Waals surface area contributed by atoms with Crippen LogP contribution in [0.15, 0.2) is 0 Å². The van der Waals surface area contributed by atoms with E-state index in [0.29, 0.717) is 11.8 Å². The third-order valence-electron chi connectivity index (χ3n) is 1.15. The maximum absolute atomic E-state index is 9.45. The van der Waals surface area contributed by atoms with E-state index in [2.05, 4.69) is 27.7 Å². The summed E-state index contributed by atoms with van der Waals surface area (Å²) < 4.78 is 0. The molecule has 85 valence electrons. The summed E-state index contributed by atoms with van der Waals surface area (Å²) in [6.45, 7) is 8.63. The van der Waals surface area contributed by atoms with Crippen molar-refractivity contribution in [1.29, 1.82) is 0 Å². The average molecular weight is 425 g/mol. The fourth-order valence-corrected chi connectivity index (χ4v) is 2.75. The molecule has 1 nitrogen and oxygen atoms in total. The number of hydrogen-bond acceptors (Lipinski definition) is 1. The number of hydrogen-bond donors (Lipinski definition) is 1. The summed E-state index contributed by atoms with van der Waals surface area (Å²) in [7, 11) is 9.12. The Morgan fingerprint density at radius 2 is 1.31 bits per heavy atom. The van der Waals surface area contributed by atoms with Crippen molar-refractivity contribution in [3.05, 3.63) is 0 Å². The molecular formula is C8H19Cl2IrOP. The van der Waals surface area contributed by atoms with E-state index in [-0.39, 0.29) is 0 Å². The van der Waals surface area contributed by atoms with Gasteiger partial charge in [-0.05, 0) is 24.2 Å². The standard InChI is InChI=1S/C8H19OP.2ClH.Ir/c1-7(2)5-10(9)6-8(3)4;;;/h7-9H,5-6H2,1-4H3;2*1H;/q;;;+2/p-2. The van der Waals surface area contributed by atoms with Gasteiger partial charge in [0.05, 0.1) is 0 Å². The van der Waals surface area contributed by atoms with E-state index >= 15 is 0 Å². The van der Waals surface area contributed by atoms with Gasteiger partial charge in [0.25, 0.3) is 0 Å². The van der Waals surface area contributed by atoms with Crippen LogP contribution in [0.25, 0.3) is 0 Å². The molecule has 0 atom stereocenters. The molecule has 0 fully saturated rings. The monoisotopic (exact) mass is 425 g/mol. The fraction of sp³-hybridized carbons (Fsp3) is 1.00. The van der Waals surface area contributed by atoms with Gasteiger partial charge in [-0.25, -0.2) is 0 Å². The fourth-order valence-electron chi connectivity index (χ4n) is 0.918. The van der Waals surface area contributed by atoms with Gasteiger partial charge in [-0.3, -0.25) is 0 Å². The second kappa shape index (κ2) is 11.7. The van der Waals surface area contributed by atoms with Crippen LogP contribution in [0, 0.1) is 11.8 Å². The van der Waals surface area contributed by atoms with Gasteiger partial charge in [-0.15, -0.1) is 0 Å². The van der Waals surface area contributed by atoms with Crippen LogP contribution in [0.5, 0.6) is 0 Å². The first-order valence-electron chi connectivity index (χ1n) is 4.21. The number of rotatable bonds is 4. The Bertz CT molecular complexity index is 94.1. The molecule has 13 heavy (non-hydrogen) atoms. The van der Waals surface area contributed by atoms with Crippen LogP contribution in [0.2, 0.25) is 0 Å². The molecule has 0 aliphatic heterocycles. The van der Waals surface area contributed by atoms with Gasteiger partial charge in [0, 0.05) is 8.15 Å². The first-order valence-corrected chi connectivity index (χ1v) is 11.8. The van der Waals surface area contributed by atoms with Gasteiger partial charge < -0.3 is 4.89 Å². The van der Waals surface area contributed by atoms with E-state index in [1.807, 2.05) is 0 Å². The van der Waals surface area contributed by atoms with Crippen molar-refractivity contribution in [1.82, 2.24) is 0 Å². The molecule has 0 aliphatic carbocycles. The average Bonchev–Trinajstić information content (AvgIpc) is 1.83. The van der Waals surface area contributed by atoms with E-state index < -0.39 is 23.8 Å². The minimum atomic E-state index is -0.659. The van der Waals surface area contributed by atoms with E-state index in [1.54, 1.807) is 0 Å². The Morgan fingerprint density at radius 3 is 1.46 bits per heavy atom. The zero-order chi connectivity index (χ0) is 10.9. The summed E-state index contributed by atoms with van der Waals surface area (Å²) in [6.07, 6.45) is 2.01. The summed E-state index contributed by atoms with van der Waals surface area (Å²) in [4.78, 5) is 9.45. The maximum atomic E-state index is 9.45. The quantitative estimate of drug-likeness (QED) is 0.674. The van der Waals surface area contributed by atoms with Gasteiger partial charge >= 0.3 is 34.8 Å². The molecule has 0 rings (SSSR count). The predicted molar refractivity (Wildman–Crippen MR) is 60.3 cm³/mol. The molecule has 5 heteroatoms. The predicted octanol–water partition coefficient (Wildman–Crippen LogP) is 4.06. The molecular weight excluding hydrogens is 406 g/mol. The van der Waals surface area contributed by atoms with Gasteiger partial charge in [0.2, 0.25) is 0 Å². The summed E-state index contributed by atoms with van der Waals surface area (Å²) in [5, 5.41) is 0. The Balaban J connectivity index is 0. The molecule has 0 aromatic rings. The van der Waals surface area contributed by atoms with Crippen molar-refractivity contribution in [2.45, 2.75) is 27.7 Å². The molecule has 0 aromatic heterocycles. The van der Waals surface area contributed by atoms with Gasteiger partial charge in [0.1, 0.15) is 0 Å². The Hall–Kier alpha value is 1.62. The zero-order valence-electron chi connectivity index (χ0n) is 8.55. The molecule has 1 N–H and O–H groups in total. The Labute approximate surface area is 99.4 Å². The SMILES string of the molecule is CC(C)CP(O)CC(C)C.[Cl][Ir][Cl]. The van der Waals surface area contributed by atoms with Crippen molar-refractivity contribution >= 4 is 27.3 Å². The first-order chi connectivity index (χ1) is 5.93. The molecule has 0 heterocycles. The first kappa shape index (κ1) is 17.0. The van der Waals surface area contributed by atoms with Crippen molar-refractivity contribution in [3.63, 3.8) is 0 Å². The van der Waals surface area contributed by atoms with E-state index in [1.165, 1.54) is 0 Å². The molecule has 0 amide bonds. The van der Waals surface area contributed by atoms with Crippen LogP contribution >= 0.6 is 27.3 Å². The molecule has 0 aromatic carbocycles. The molecule has 0 spiro atoms.